The van der Waals surface area contributed by atoms with Crippen molar-refractivity contribution in [2.45, 2.75) is 44.3 Å². The summed E-state index contributed by atoms with van der Waals surface area (Å²) in [6.07, 6.45) is 3.85. The van der Waals surface area contributed by atoms with E-state index in [1.54, 1.807) is 0 Å². The summed E-state index contributed by atoms with van der Waals surface area (Å²) < 4.78 is 0. The third kappa shape index (κ3) is 2.66. The van der Waals surface area contributed by atoms with Gasteiger partial charge in [0.2, 0.25) is 0 Å². The Hall–Kier alpha value is -2.97. The predicted octanol–water partition coefficient (Wildman–Crippen LogP) is 7.43. The zero-order chi connectivity index (χ0) is 22.3. The molecule has 0 saturated carbocycles. The van der Waals surface area contributed by atoms with Crippen LogP contribution in [0.2, 0.25) is 18.1 Å². The van der Waals surface area contributed by atoms with Crippen molar-refractivity contribution < 1.29 is 4.79 Å². The van der Waals surface area contributed by atoms with Crippen molar-refractivity contribution >= 4 is 25.5 Å². The average molecular weight is 435 g/mol. The van der Waals surface area contributed by atoms with E-state index in [1.165, 1.54) is 33.0 Å². The van der Waals surface area contributed by atoms with Gasteiger partial charge in [0.05, 0.1) is 8.07 Å². The molecular formula is C30H30OSi. The normalized spacial score (nSPS) is 19.4. The fourth-order valence-electron chi connectivity index (χ4n) is 6.28. The highest BCUT2D eigenvalue weighted by Crippen LogP contribution is 2.59. The lowest BCUT2D eigenvalue weighted by Gasteiger charge is -2.44. The van der Waals surface area contributed by atoms with Crippen molar-refractivity contribution in [2.75, 3.05) is 0 Å². The van der Waals surface area contributed by atoms with Crippen molar-refractivity contribution in [3.05, 3.63) is 118 Å². The van der Waals surface area contributed by atoms with E-state index in [4.69, 9.17) is 0 Å². The van der Waals surface area contributed by atoms with Crippen molar-refractivity contribution in [3.8, 4) is 0 Å². The molecule has 1 spiro atoms. The van der Waals surface area contributed by atoms with Gasteiger partial charge in [0.1, 0.15) is 5.41 Å². The predicted molar refractivity (Wildman–Crippen MR) is 137 cm³/mol. The molecule has 1 nitrogen and oxygen atoms in total. The minimum absolute atomic E-state index is 0.219. The second-order valence-electron chi connectivity index (χ2n) is 9.04. The van der Waals surface area contributed by atoms with Crippen LogP contribution in [-0.4, -0.2) is 13.9 Å². The lowest BCUT2D eigenvalue weighted by atomic mass is 9.68. The second kappa shape index (κ2) is 7.86. The van der Waals surface area contributed by atoms with Gasteiger partial charge < -0.3 is 0 Å². The van der Waals surface area contributed by atoms with E-state index in [0.717, 1.165) is 23.7 Å². The van der Waals surface area contributed by atoms with Gasteiger partial charge in [-0.1, -0.05) is 124 Å². The van der Waals surface area contributed by atoms with E-state index in [2.05, 4.69) is 99.6 Å². The first-order valence-corrected chi connectivity index (χ1v) is 14.5. The lowest BCUT2D eigenvalue weighted by Crippen LogP contribution is -2.50. The van der Waals surface area contributed by atoms with Gasteiger partial charge in [0, 0.05) is 0 Å². The number of fused-ring (bicyclic) bond motifs is 4. The molecule has 0 unspecified atom stereocenters. The fraction of sp³-hybridized carbons (Fsp3) is 0.233. The zero-order valence-corrected chi connectivity index (χ0v) is 20.2. The minimum atomic E-state index is -1.97. The Balaban J connectivity index is 2.02. The Kier molecular flexibility index (Phi) is 5.14. The Bertz CT molecular complexity index is 1240. The number of hydrogen-bond donors (Lipinski definition) is 0. The number of carbonyl (C=O) groups excluding carboxylic acids is 1. The molecule has 0 radical (unpaired) electrons. The molecule has 3 aromatic carbocycles. The Morgan fingerprint density at radius 3 is 1.97 bits per heavy atom. The van der Waals surface area contributed by atoms with Crippen LogP contribution < -0.4 is 0 Å². The van der Waals surface area contributed by atoms with Crippen molar-refractivity contribution in [1.82, 2.24) is 0 Å². The highest BCUT2D eigenvalue weighted by atomic mass is 28.3. The zero-order valence-electron chi connectivity index (χ0n) is 19.2. The average Bonchev–Trinajstić information content (AvgIpc) is 3.16. The van der Waals surface area contributed by atoms with Crippen LogP contribution in [0.1, 0.15) is 48.6 Å². The molecule has 0 saturated heterocycles. The largest absolute Gasteiger partial charge is 0.293 e. The second-order valence-corrected chi connectivity index (χ2v) is 14.2. The van der Waals surface area contributed by atoms with Crippen LogP contribution in [0.3, 0.4) is 0 Å². The highest BCUT2D eigenvalue weighted by Gasteiger charge is 2.58. The quantitative estimate of drug-likeness (QED) is 0.382. The van der Waals surface area contributed by atoms with Crippen LogP contribution in [0.25, 0.3) is 11.6 Å². The third-order valence-electron chi connectivity index (χ3n) is 8.00. The Morgan fingerprint density at radius 1 is 0.688 bits per heavy atom. The van der Waals surface area contributed by atoms with Gasteiger partial charge in [-0.15, -0.1) is 0 Å². The molecule has 32 heavy (non-hydrogen) atoms. The van der Waals surface area contributed by atoms with Gasteiger partial charge in [-0.25, -0.2) is 0 Å². The summed E-state index contributed by atoms with van der Waals surface area (Å²) in [7, 11) is -1.97. The molecule has 0 N–H and O–H groups in total. The van der Waals surface area contributed by atoms with Crippen molar-refractivity contribution in [3.63, 3.8) is 0 Å². The van der Waals surface area contributed by atoms with Gasteiger partial charge in [-0.05, 0) is 44.7 Å². The molecule has 0 aromatic heterocycles. The number of hydrogen-bond acceptors (Lipinski definition) is 1. The van der Waals surface area contributed by atoms with Gasteiger partial charge in [-0.2, -0.15) is 0 Å². The summed E-state index contributed by atoms with van der Waals surface area (Å²) in [5, 5.41) is 1.44. The summed E-state index contributed by atoms with van der Waals surface area (Å²) in [5.74, 6) is 0.219. The Labute approximate surface area is 192 Å². The number of allylic oxidation sites excluding steroid dienone is 2. The highest BCUT2D eigenvalue weighted by molar-refractivity contribution is 6.88. The molecular weight excluding hydrogens is 404 g/mol. The first-order valence-electron chi connectivity index (χ1n) is 11.9. The molecule has 0 bridgehead atoms. The van der Waals surface area contributed by atoms with E-state index in [1.807, 2.05) is 12.2 Å². The van der Waals surface area contributed by atoms with Crippen LogP contribution in [-0.2, 0) is 10.2 Å². The summed E-state index contributed by atoms with van der Waals surface area (Å²) in [6, 6.07) is 31.4. The number of rotatable bonds is 5. The monoisotopic (exact) mass is 434 g/mol. The molecule has 160 valence electrons. The molecule has 2 aliphatic carbocycles. The van der Waals surface area contributed by atoms with Crippen LogP contribution in [0.15, 0.2) is 90.1 Å². The lowest BCUT2D eigenvalue weighted by molar-refractivity contribution is -0.117. The molecule has 0 heterocycles. The maximum Gasteiger partial charge on any atom is 0.174 e. The molecule has 1 atom stereocenters. The topological polar surface area (TPSA) is 17.1 Å². The molecule has 2 aliphatic rings. The smallest absolute Gasteiger partial charge is 0.174 e. The van der Waals surface area contributed by atoms with E-state index in [0.29, 0.717) is 0 Å². The van der Waals surface area contributed by atoms with Crippen molar-refractivity contribution in [2.24, 2.45) is 0 Å². The number of benzene rings is 3. The molecule has 3 aromatic rings. The SMILES string of the molecule is CC[Si](CC)(CC)C1=C(c2ccccc2)c2ccccc2[C@]12C(=O)C=Cc1ccccc12. The van der Waals surface area contributed by atoms with Crippen LogP contribution in [0.5, 0.6) is 0 Å². The van der Waals surface area contributed by atoms with Crippen LogP contribution in [0, 0.1) is 0 Å². The first-order chi connectivity index (χ1) is 15.6. The van der Waals surface area contributed by atoms with E-state index < -0.39 is 13.5 Å². The molecule has 5 rings (SSSR count). The maximum absolute atomic E-state index is 14.2. The van der Waals surface area contributed by atoms with Crippen molar-refractivity contribution in [1.29, 1.82) is 0 Å². The number of ketones is 1. The van der Waals surface area contributed by atoms with Gasteiger partial charge in [-0.3, -0.25) is 4.79 Å². The maximum atomic E-state index is 14.2. The van der Waals surface area contributed by atoms with Crippen LogP contribution >= 0.6 is 0 Å². The van der Waals surface area contributed by atoms with Gasteiger partial charge in [0.25, 0.3) is 0 Å². The Morgan fingerprint density at radius 2 is 1.28 bits per heavy atom. The van der Waals surface area contributed by atoms with E-state index in [-0.39, 0.29) is 5.78 Å². The van der Waals surface area contributed by atoms with Crippen LogP contribution in [0.4, 0.5) is 0 Å². The first kappa shape index (κ1) is 20.9. The molecule has 0 fully saturated rings. The standard InChI is InChI=1S/C30H30OSi/c1-4-32(5-2,6-3)29-28(23-15-8-7-9-16-23)24-17-11-13-19-26(24)30(29)25-18-12-10-14-22(25)20-21-27(30)31/h7-21H,4-6H2,1-3H3/t30-/m1/s1. The fourth-order valence-corrected chi connectivity index (χ4v) is 10.8. The van der Waals surface area contributed by atoms with Gasteiger partial charge >= 0.3 is 0 Å². The van der Waals surface area contributed by atoms with E-state index >= 15 is 0 Å². The summed E-state index contributed by atoms with van der Waals surface area (Å²) in [5.41, 5.74) is 6.58. The molecule has 2 heteroatoms. The third-order valence-corrected chi connectivity index (χ3v) is 13.7. The number of carbonyl (C=O) groups is 1. The van der Waals surface area contributed by atoms with Gasteiger partial charge in [0.15, 0.2) is 5.78 Å². The van der Waals surface area contributed by atoms with E-state index in [9.17, 15) is 4.79 Å². The summed E-state index contributed by atoms with van der Waals surface area (Å²) in [6.45, 7) is 7.04. The minimum Gasteiger partial charge on any atom is -0.293 e. The molecule has 0 aliphatic heterocycles. The summed E-state index contributed by atoms with van der Waals surface area (Å²) in [4.78, 5) is 14.2. The summed E-state index contributed by atoms with van der Waals surface area (Å²) >= 11 is 0. The molecule has 0 amide bonds.